The van der Waals surface area contributed by atoms with Gasteiger partial charge in [-0.1, -0.05) is 13.8 Å². The van der Waals surface area contributed by atoms with Gasteiger partial charge in [-0.25, -0.2) is 4.79 Å². The van der Waals surface area contributed by atoms with Crippen LogP contribution in [-0.4, -0.2) is 36.0 Å². The van der Waals surface area contributed by atoms with Crippen LogP contribution in [0.3, 0.4) is 0 Å². The van der Waals surface area contributed by atoms with Crippen LogP contribution in [0.4, 0.5) is 0 Å². The van der Waals surface area contributed by atoms with E-state index in [0.717, 1.165) is 11.5 Å². The van der Waals surface area contributed by atoms with Gasteiger partial charge in [0.15, 0.2) is 0 Å². The minimum absolute atomic E-state index is 0.186. The molecule has 0 saturated carbocycles. The van der Waals surface area contributed by atoms with Crippen molar-refractivity contribution in [1.82, 2.24) is 0 Å². The van der Waals surface area contributed by atoms with Gasteiger partial charge in [-0.3, -0.25) is 4.79 Å². The van der Waals surface area contributed by atoms with Gasteiger partial charge in [0.1, 0.15) is 11.5 Å². The molecule has 0 radical (unpaired) electrons. The number of carbonyl (C=O) groups excluding carboxylic acids is 2. The van der Waals surface area contributed by atoms with Gasteiger partial charge < -0.3 is 9.47 Å². The SMILES string of the molecule is CC(C)C(=O)OCOC(=O)C[S+]1CCCCC1. The fourth-order valence-corrected chi connectivity index (χ4v) is 3.70. The maximum Gasteiger partial charge on any atom is 0.359 e. The average molecular weight is 261 g/mol. The Bertz CT molecular complexity index is 259. The van der Waals surface area contributed by atoms with E-state index in [2.05, 4.69) is 0 Å². The molecule has 1 heterocycles. The van der Waals surface area contributed by atoms with Crippen LogP contribution in [0, 0.1) is 5.92 Å². The van der Waals surface area contributed by atoms with Crippen molar-refractivity contribution in [2.75, 3.05) is 24.1 Å². The van der Waals surface area contributed by atoms with E-state index in [1.54, 1.807) is 13.8 Å². The number of ether oxygens (including phenoxy) is 2. The van der Waals surface area contributed by atoms with Gasteiger partial charge in [0.2, 0.25) is 12.5 Å². The number of hydrogen-bond acceptors (Lipinski definition) is 4. The Balaban J connectivity index is 2.10. The van der Waals surface area contributed by atoms with Crippen molar-refractivity contribution in [2.45, 2.75) is 33.1 Å². The quantitative estimate of drug-likeness (QED) is 0.427. The smallest absolute Gasteiger partial charge is 0.359 e. The molecule has 4 nitrogen and oxygen atoms in total. The normalized spacial score (nSPS) is 16.9. The van der Waals surface area contributed by atoms with Crippen LogP contribution in [-0.2, 0) is 30.0 Å². The van der Waals surface area contributed by atoms with E-state index < -0.39 is 0 Å². The van der Waals surface area contributed by atoms with Crippen molar-refractivity contribution in [3.63, 3.8) is 0 Å². The van der Waals surface area contributed by atoms with Gasteiger partial charge in [-0.2, -0.15) is 0 Å². The zero-order valence-corrected chi connectivity index (χ0v) is 11.4. The molecule has 98 valence electrons. The summed E-state index contributed by atoms with van der Waals surface area (Å²) in [5, 5.41) is 0. The Morgan fingerprint density at radius 2 is 1.76 bits per heavy atom. The van der Waals surface area contributed by atoms with Crippen LogP contribution >= 0.6 is 0 Å². The molecule has 1 fully saturated rings. The summed E-state index contributed by atoms with van der Waals surface area (Å²) >= 11 is 0. The molecular formula is C12H21O4S+. The van der Waals surface area contributed by atoms with Gasteiger partial charge in [0.25, 0.3) is 0 Å². The molecule has 1 aliphatic rings. The van der Waals surface area contributed by atoms with Crippen molar-refractivity contribution in [1.29, 1.82) is 0 Å². The van der Waals surface area contributed by atoms with Gasteiger partial charge >= 0.3 is 11.9 Å². The monoisotopic (exact) mass is 261 g/mol. The molecule has 0 amide bonds. The highest BCUT2D eigenvalue weighted by Crippen LogP contribution is 2.13. The third-order valence-electron chi connectivity index (χ3n) is 2.58. The summed E-state index contributed by atoms with van der Waals surface area (Å²) in [5.74, 6) is 2.00. The Morgan fingerprint density at radius 3 is 2.35 bits per heavy atom. The number of carbonyl (C=O) groups is 2. The van der Waals surface area contributed by atoms with Crippen molar-refractivity contribution in [3.05, 3.63) is 0 Å². The lowest BCUT2D eigenvalue weighted by molar-refractivity contribution is -0.167. The molecule has 1 rings (SSSR count). The highest BCUT2D eigenvalue weighted by Gasteiger charge is 2.26. The molecular weight excluding hydrogens is 240 g/mol. The average Bonchev–Trinajstić information content (AvgIpc) is 2.30. The van der Waals surface area contributed by atoms with Crippen LogP contribution in [0.2, 0.25) is 0 Å². The maximum atomic E-state index is 11.5. The van der Waals surface area contributed by atoms with Crippen molar-refractivity contribution in [3.8, 4) is 0 Å². The predicted octanol–water partition coefficient (Wildman–Crippen LogP) is 1.49. The topological polar surface area (TPSA) is 52.6 Å². The predicted molar refractivity (Wildman–Crippen MR) is 67.7 cm³/mol. The summed E-state index contributed by atoms with van der Waals surface area (Å²) in [5.41, 5.74) is 0. The third kappa shape index (κ3) is 5.96. The highest BCUT2D eigenvalue weighted by molar-refractivity contribution is 7.97. The lowest BCUT2D eigenvalue weighted by atomic mass is 10.2. The van der Waals surface area contributed by atoms with E-state index >= 15 is 0 Å². The zero-order chi connectivity index (χ0) is 12.7. The van der Waals surface area contributed by atoms with Gasteiger partial charge in [0, 0.05) is 0 Å². The molecule has 0 spiro atoms. The van der Waals surface area contributed by atoms with E-state index in [-0.39, 0.29) is 35.5 Å². The second-order valence-electron chi connectivity index (χ2n) is 4.48. The molecule has 0 bridgehead atoms. The number of rotatable bonds is 5. The fraction of sp³-hybridized carbons (Fsp3) is 0.833. The van der Waals surface area contributed by atoms with E-state index in [1.165, 1.54) is 19.3 Å². The minimum Gasteiger partial charge on any atom is -0.428 e. The first kappa shape index (κ1) is 14.4. The summed E-state index contributed by atoms with van der Waals surface area (Å²) in [6.45, 7) is 3.24. The van der Waals surface area contributed by atoms with Crippen LogP contribution in [0.1, 0.15) is 33.1 Å². The molecule has 0 aromatic carbocycles. The van der Waals surface area contributed by atoms with Crippen molar-refractivity contribution in [2.24, 2.45) is 5.92 Å². The van der Waals surface area contributed by atoms with E-state index in [0.29, 0.717) is 5.75 Å². The molecule has 1 aliphatic heterocycles. The lowest BCUT2D eigenvalue weighted by Crippen LogP contribution is -2.27. The van der Waals surface area contributed by atoms with Crippen molar-refractivity contribution >= 4 is 22.8 Å². The zero-order valence-electron chi connectivity index (χ0n) is 10.6. The Morgan fingerprint density at radius 1 is 1.12 bits per heavy atom. The molecule has 0 atom stereocenters. The number of hydrogen-bond donors (Lipinski definition) is 0. The maximum absolute atomic E-state index is 11.5. The van der Waals surface area contributed by atoms with Gasteiger partial charge in [-0.05, 0) is 30.2 Å². The third-order valence-corrected chi connectivity index (χ3v) is 4.96. The molecule has 0 aromatic rings. The molecule has 0 aliphatic carbocycles. The molecule has 5 heteroatoms. The van der Waals surface area contributed by atoms with Crippen LogP contribution < -0.4 is 0 Å². The molecule has 1 saturated heterocycles. The van der Waals surface area contributed by atoms with Crippen molar-refractivity contribution < 1.29 is 19.1 Å². The van der Waals surface area contributed by atoms with Gasteiger partial charge in [0.05, 0.1) is 5.92 Å². The summed E-state index contributed by atoms with van der Waals surface area (Å²) in [4.78, 5) is 22.6. The molecule has 0 aromatic heterocycles. The van der Waals surface area contributed by atoms with Crippen LogP contribution in [0.5, 0.6) is 0 Å². The molecule has 17 heavy (non-hydrogen) atoms. The second kappa shape index (κ2) is 7.58. The minimum atomic E-state index is -0.335. The Hall–Kier alpha value is -0.710. The fourth-order valence-electron chi connectivity index (χ4n) is 1.56. The Kier molecular flexibility index (Phi) is 6.40. The van der Waals surface area contributed by atoms with E-state index in [4.69, 9.17) is 9.47 Å². The summed E-state index contributed by atoms with van der Waals surface area (Å²) < 4.78 is 9.67. The first-order valence-corrected chi connectivity index (χ1v) is 7.79. The second-order valence-corrected chi connectivity index (χ2v) is 6.81. The van der Waals surface area contributed by atoms with Crippen LogP contribution in [0.15, 0.2) is 0 Å². The number of esters is 2. The standard InChI is InChI=1S/C12H21O4S/c1-10(2)12(14)16-9-15-11(13)8-17-6-4-3-5-7-17/h10H,3-9H2,1-2H3/q+1. The van der Waals surface area contributed by atoms with Crippen LogP contribution in [0.25, 0.3) is 0 Å². The van der Waals surface area contributed by atoms with E-state index in [9.17, 15) is 9.59 Å². The largest absolute Gasteiger partial charge is 0.428 e. The summed E-state index contributed by atoms with van der Waals surface area (Å²) in [6.07, 6.45) is 3.72. The summed E-state index contributed by atoms with van der Waals surface area (Å²) in [6, 6.07) is 0. The lowest BCUT2D eigenvalue weighted by Gasteiger charge is -2.13. The summed E-state index contributed by atoms with van der Waals surface area (Å²) in [7, 11) is 0.187. The first-order chi connectivity index (χ1) is 8.09. The first-order valence-electron chi connectivity index (χ1n) is 6.06. The van der Waals surface area contributed by atoms with E-state index in [1.807, 2.05) is 0 Å². The molecule has 0 N–H and O–H groups in total. The molecule has 0 unspecified atom stereocenters. The van der Waals surface area contributed by atoms with Gasteiger partial charge in [-0.15, -0.1) is 0 Å². The Labute approximate surface area is 105 Å². The highest BCUT2D eigenvalue weighted by atomic mass is 32.2.